The fourth-order valence-corrected chi connectivity index (χ4v) is 4.90. The van der Waals surface area contributed by atoms with Gasteiger partial charge in [0.15, 0.2) is 9.84 Å². The van der Waals surface area contributed by atoms with E-state index >= 15 is 0 Å². The minimum absolute atomic E-state index is 0.0139. The molecule has 0 radical (unpaired) electrons. The van der Waals surface area contributed by atoms with E-state index in [1.807, 2.05) is 0 Å². The average Bonchev–Trinajstić information content (AvgIpc) is 2.84. The van der Waals surface area contributed by atoms with Crippen LogP contribution >= 0.6 is 0 Å². The Hall–Kier alpha value is -2.09. The molecule has 8 heteroatoms. The van der Waals surface area contributed by atoms with E-state index < -0.39 is 15.4 Å². The van der Waals surface area contributed by atoms with E-state index in [0.717, 1.165) is 0 Å². The Labute approximate surface area is 148 Å². The number of amides is 2. The molecule has 1 atom stereocenters. The summed E-state index contributed by atoms with van der Waals surface area (Å²) in [7, 11) is -1.50. The first-order valence-electron chi connectivity index (χ1n) is 8.17. The van der Waals surface area contributed by atoms with E-state index in [0.29, 0.717) is 30.7 Å². The fraction of sp³-hybridized carbons (Fsp3) is 0.529. The molecule has 0 spiro atoms. The monoisotopic (exact) mass is 368 g/mol. The lowest BCUT2D eigenvalue weighted by Gasteiger charge is -2.23. The standard InChI is InChI=1S/C17H24N2O5S/c1-17(9-11-25(22,23)12-17)19-15(20)4-3-10-18-16(21)13-5-7-14(24-2)8-6-13/h5-8H,3-4,9-12H2,1-2H3,(H,18,21)(H,19,20). The highest BCUT2D eigenvalue weighted by molar-refractivity contribution is 7.91. The highest BCUT2D eigenvalue weighted by atomic mass is 32.2. The van der Waals surface area contributed by atoms with E-state index in [2.05, 4.69) is 10.6 Å². The summed E-state index contributed by atoms with van der Waals surface area (Å²) in [5.74, 6) is 0.368. The molecule has 7 nitrogen and oxygen atoms in total. The van der Waals surface area contributed by atoms with Gasteiger partial charge in [-0.25, -0.2) is 8.42 Å². The van der Waals surface area contributed by atoms with Crippen molar-refractivity contribution in [2.45, 2.75) is 31.7 Å². The molecule has 1 aromatic rings. The Morgan fingerprint density at radius 1 is 1.24 bits per heavy atom. The van der Waals surface area contributed by atoms with Crippen molar-refractivity contribution in [3.05, 3.63) is 29.8 Å². The smallest absolute Gasteiger partial charge is 0.251 e. The lowest BCUT2D eigenvalue weighted by atomic mass is 10.0. The zero-order valence-electron chi connectivity index (χ0n) is 14.5. The Bertz CT molecular complexity index is 730. The molecule has 25 heavy (non-hydrogen) atoms. The first-order chi connectivity index (χ1) is 11.7. The third-order valence-electron chi connectivity index (χ3n) is 4.16. The van der Waals surface area contributed by atoms with Gasteiger partial charge in [0.25, 0.3) is 5.91 Å². The van der Waals surface area contributed by atoms with Crippen molar-refractivity contribution in [2.75, 3.05) is 25.2 Å². The molecule has 1 unspecified atom stereocenters. The summed E-state index contributed by atoms with van der Waals surface area (Å²) in [6.07, 6.45) is 1.16. The Morgan fingerprint density at radius 2 is 1.92 bits per heavy atom. The molecule has 2 amide bonds. The minimum Gasteiger partial charge on any atom is -0.497 e. The molecular formula is C17H24N2O5S. The lowest BCUT2D eigenvalue weighted by Crippen LogP contribution is -2.47. The first kappa shape index (κ1) is 19.2. The molecule has 0 saturated carbocycles. The van der Waals surface area contributed by atoms with Crippen molar-refractivity contribution < 1.29 is 22.7 Å². The van der Waals surface area contributed by atoms with Crippen LogP contribution in [0.4, 0.5) is 0 Å². The maximum atomic E-state index is 12.0. The van der Waals surface area contributed by atoms with Crippen molar-refractivity contribution in [3.63, 3.8) is 0 Å². The summed E-state index contributed by atoms with van der Waals surface area (Å²) < 4.78 is 28.1. The van der Waals surface area contributed by atoms with E-state index in [-0.39, 0.29) is 29.7 Å². The molecule has 0 aliphatic carbocycles. The Morgan fingerprint density at radius 3 is 2.48 bits per heavy atom. The van der Waals surface area contributed by atoms with Gasteiger partial charge in [-0.05, 0) is 44.0 Å². The van der Waals surface area contributed by atoms with Crippen LogP contribution in [0.3, 0.4) is 0 Å². The number of benzene rings is 1. The molecule has 2 N–H and O–H groups in total. The van der Waals surface area contributed by atoms with E-state index in [4.69, 9.17) is 4.74 Å². The maximum absolute atomic E-state index is 12.0. The normalized spacial score (nSPS) is 21.5. The average molecular weight is 368 g/mol. The van der Waals surface area contributed by atoms with Crippen LogP contribution in [-0.4, -0.2) is 50.9 Å². The zero-order valence-corrected chi connectivity index (χ0v) is 15.3. The minimum atomic E-state index is -3.05. The molecular weight excluding hydrogens is 344 g/mol. The van der Waals surface area contributed by atoms with Crippen LogP contribution in [-0.2, 0) is 14.6 Å². The van der Waals surface area contributed by atoms with Gasteiger partial charge in [0.05, 0.1) is 24.2 Å². The predicted octanol–water partition coefficient (Wildman–Crippen LogP) is 0.899. The lowest BCUT2D eigenvalue weighted by molar-refractivity contribution is -0.122. The van der Waals surface area contributed by atoms with Gasteiger partial charge in [0, 0.05) is 18.5 Å². The molecule has 2 rings (SSSR count). The van der Waals surface area contributed by atoms with Gasteiger partial charge in [0.2, 0.25) is 5.91 Å². The highest BCUT2D eigenvalue weighted by Gasteiger charge is 2.39. The van der Waals surface area contributed by atoms with E-state index in [9.17, 15) is 18.0 Å². The van der Waals surface area contributed by atoms with Crippen molar-refractivity contribution in [1.82, 2.24) is 10.6 Å². The zero-order chi connectivity index (χ0) is 18.5. The van der Waals surface area contributed by atoms with Crippen molar-refractivity contribution >= 4 is 21.7 Å². The summed E-state index contributed by atoms with van der Waals surface area (Å²) in [6, 6.07) is 6.75. The molecule has 0 bridgehead atoms. The molecule has 0 aromatic heterocycles. The number of methoxy groups -OCH3 is 1. The number of carbonyl (C=O) groups excluding carboxylic acids is 2. The van der Waals surface area contributed by atoms with Gasteiger partial charge >= 0.3 is 0 Å². The number of hydrogen-bond donors (Lipinski definition) is 2. The van der Waals surface area contributed by atoms with Crippen molar-refractivity contribution in [1.29, 1.82) is 0 Å². The summed E-state index contributed by atoms with van der Waals surface area (Å²) in [5, 5.41) is 5.55. The largest absolute Gasteiger partial charge is 0.497 e. The van der Waals surface area contributed by atoms with Crippen molar-refractivity contribution in [2.24, 2.45) is 0 Å². The van der Waals surface area contributed by atoms with Crippen LogP contribution in [0.5, 0.6) is 5.75 Å². The SMILES string of the molecule is COc1ccc(C(=O)NCCCC(=O)NC2(C)CCS(=O)(=O)C2)cc1. The predicted molar refractivity (Wildman–Crippen MR) is 94.4 cm³/mol. The van der Waals surface area contributed by atoms with Crippen LogP contribution < -0.4 is 15.4 Å². The van der Waals surface area contributed by atoms with Crippen LogP contribution in [0.1, 0.15) is 36.5 Å². The first-order valence-corrected chi connectivity index (χ1v) is 9.99. The second-order valence-electron chi connectivity index (χ2n) is 6.54. The number of rotatable bonds is 7. The van der Waals surface area contributed by atoms with Crippen LogP contribution in [0.25, 0.3) is 0 Å². The quantitative estimate of drug-likeness (QED) is 0.696. The summed E-state index contributed by atoms with van der Waals surface area (Å²) in [5.41, 5.74) is -0.156. The molecule has 1 aliphatic rings. The molecule has 138 valence electrons. The number of hydrogen-bond acceptors (Lipinski definition) is 5. The van der Waals surface area contributed by atoms with Crippen LogP contribution in [0, 0.1) is 0 Å². The number of nitrogens with one attached hydrogen (secondary N) is 2. The molecule has 1 fully saturated rings. The van der Waals surface area contributed by atoms with Crippen molar-refractivity contribution in [3.8, 4) is 5.75 Å². The molecule has 1 aromatic carbocycles. The summed E-state index contributed by atoms with van der Waals surface area (Å²) in [6.45, 7) is 2.12. The third-order valence-corrected chi connectivity index (χ3v) is 6.07. The van der Waals surface area contributed by atoms with Gasteiger partial charge in [-0.1, -0.05) is 0 Å². The van der Waals surface area contributed by atoms with Crippen LogP contribution in [0.15, 0.2) is 24.3 Å². The van der Waals surface area contributed by atoms with Gasteiger partial charge in [-0.15, -0.1) is 0 Å². The number of ether oxygens (including phenoxy) is 1. The molecule has 1 saturated heterocycles. The maximum Gasteiger partial charge on any atom is 0.251 e. The van der Waals surface area contributed by atoms with Gasteiger partial charge in [-0.2, -0.15) is 0 Å². The Kier molecular flexibility index (Phi) is 6.05. The summed E-state index contributed by atoms with van der Waals surface area (Å²) in [4.78, 5) is 23.9. The van der Waals surface area contributed by atoms with Crippen LogP contribution in [0.2, 0.25) is 0 Å². The fourth-order valence-electron chi connectivity index (χ4n) is 2.80. The van der Waals surface area contributed by atoms with Gasteiger partial charge < -0.3 is 15.4 Å². The number of carbonyl (C=O) groups is 2. The van der Waals surface area contributed by atoms with E-state index in [1.54, 1.807) is 38.3 Å². The summed E-state index contributed by atoms with van der Waals surface area (Å²) >= 11 is 0. The van der Waals surface area contributed by atoms with E-state index in [1.165, 1.54) is 0 Å². The third kappa shape index (κ3) is 5.74. The second-order valence-corrected chi connectivity index (χ2v) is 8.72. The number of sulfone groups is 1. The van der Waals surface area contributed by atoms with Gasteiger partial charge in [-0.3, -0.25) is 9.59 Å². The Balaban J connectivity index is 1.70. The van der Waals surface area contributed by atoms with Gasteiger partial charge in [0.1, 0.15) is 5.75 Å². The topological polar surface area (TPSA) is 102 Å². The molecule has 1 heterocycles. The molecule has 1 aliphatic heterocycles. The highest BCUT2D eigenvalue weighted by Crippen LogP contribution is 2.22. The second kappa shape index (κ2) is 7.86.